The lowest BCUT2D eigenvalue weighted by Crippen LogP contribution is -2.34. The highest BCUT2D eigenvalue weighted by Crippen LogP contribution is 2.57. The largest absolute Gasteiger partial charge is 0.456 e. The minimum absolute atomic E-state index is 0.314. The number of esters is 1. The molecule has 4 aromatic rings. The summed E-state index contributed by atoms with van der Waals surface area (Å²) < 4.78 is 13.1. The molecule has 3 unspecified atom stereocenters. The second kappa shape index (κ2) is 8.91. The highest BCUT2D eigenvalue weighted by atomic mass is 16.6. The third kappa shape index (κ3) is 3.56. The summed E-state index contributed by atoms with van der Waals surface area (Å²) >= 11 is 0. The van der Waals surface area contributed by atoms with Gasteiger partial charge in [-0.25, -0.2) is 4.79 Å². The van der Waals surface area contributed by atoms with Crippen molar-refractivity contribution in [1.29, 1.82) is 0 Å². The average molecular weight is 517 g/mol. The number of nitrogens with zero attached hydrogens (tertiary/aromatic N) is 1. The van der Waals surface area contributed by atoms with Crippen LogP contribution in [0.1, 0.15) is 59.3 Å². The second-order valence-corrected chi connectivity index (χ2v) is 10.9. The predicted octanol–water partition coefficient (Wildman–Crippen LogP) is 7.93. The molecule has 5 heteroatoms. The molecule has 3 heterocycles. The van der Waals surface area contributed by atoms with Crippen molar-refractivity contribution < 1.29 is 14.3 Å². The van der Waals surface area contributed by atoms with Crippen molar-refractivity contribution in [1.82, 2.24) is 0 Å². The summed E-state index contributed by atoms with van der Waals surface area (Å²) in [5.74, 6) is 1.82. The maximum Gasteiger partial charge on any atom is 0.340 e. The summed E-state index contributed by atoms with van der Waals surface area (Å²) in [5.41, 5.74) is 6.16. The van der Waals surface area contributed by atoms with Gasteiger partial charge in [-0.3, -0.25) is 0 Å². The quantitative estimate of drug-likeness (QED) is 0.279. The van der Waals surface area contributed by atoms with E-state index in [1.54, 1.807) is 0 Å². The number of hydrogen-bond donors (Lipinski definition) is 1. The van der Waals surface area contributed by atoms with E-state index >= 15 is 0 Å². The van der Waals surface area contributed by atoms with Crippen LogP contribution in [-0.2, 0) is 10.3 Å². The van der Waals surface area contributed by atoms with E-state index in [1.165, 1.54) is 12.8 Å². The van der Waals surface area contributed by atoms with Crippen LogP contribution in [0.25, 0.3) is 0 Å². The highest BCUT2D eigenvalue weighted by Gasteiger charge is 2.53. The van der Waals surface area contributed by atoms with Crippen molar-refractivity contribution in [3.63, 3.8) is 0 Å². The number of carbonyl (C=O) groups excluding carboxylic acids is 1. The molecule has 5 nitrogen and oxygen atoms in total. The number of aryl methyl sites for hydroxylation is 1. The van der Waals surface area contributed by atoms with Gasteiger partial charge in [-0.2, -0.15) is 0 Å². The molecule has 7 rings (SSSR count). The summed E-state index contributed by atoms with van der Waals surface area (Å²) in [5, 5.41) is 3.55. The van der Waals surface area contributed by atoms with Crippen LogP contribution in [0.2, 0.25) is 0 Å². The van der Waals surface area contributed by atoms with E-state index < -0.39 is 5.60 Å². The van der Waals surface area contributed by atoms with Crippen molar-refractivity contribution in [3.05, 3.63) is 113 Å². The normalized spacial score (nSPS) is 22.6. The van der Waals surface area contributed by atoms with Gasteiger partial charge in [-0.1, -0.05) is 49.7 Å². The first-order chi connectivity index (χ1) is 19.0. The number of para-hydroxylation sites is 1. The first kappa shape index (κ1) is 23.8. The summed E-state index contributed by atoms with van der Waals surface area (Å²) in [7, 11) is 0. The first-order valence-corrected chi connectivity index (χ1v) is 13.9. The monoisotopic (exact) mass is 516 g/mol. The van der Waals surface area contributed by atoms with Crippen LogP contribution in [0, 0.1) is 12.8 Å². The lowest BCUT2D eigenvalue weighted by atomic mass is 9.77. The average Bonchev–Trinajstić information content (AvgIpc) is 3.47. The SMILES string of the molecule is CCC1CCN(c2ccc3c(c2)Oc2cc(C)c(Nc4ccccc4)cc2C32OC(=O)c3ccccc32)C1C. The van der Waals surface area contributed by atoms with Crippen LogP contribution in [0.3, 0.4) is 0 Å². The van der Waals surface area contributed by atoms with E-state index in [1.807, 2.05) is 54.6 Å². The molecule has 0 aliphatic carbocycles. The van der Waals surface area contributed by atoms with Gasteiger partial charge in [0.15, 0.2) is 5.60 Å². The highest BCUT2D eigenvalue weighted by molar-refractivity contribution is 5.97. The number of ether oxygens (including phenoxy) is 2. The van der Waals surface area contributed by atoms with Crippen LogP contribution in [0.5, 0.6) is 11.5 Å². The molecule has 1 saturated heterocycles. The van der Waals surface area contributed by atoms with Crippen LogP contribution in [0.4, 0.5) is 17.1 Å². The Morgan fingerprint density at radius 2 is 1.69 bits per heavy atom. The van der Waals surface area contributed by atoms with Crippen molar-refractivity contribution in [2.75, 3.05) is 16.8 Å². The van der Waals surface area contributed by atoms with E-state index in [0.717, 1.165) is 51.6 Å². The van der Waals surface area contributed by atoms with Gasteiger partial charge in [-0.15, -0.1) is 0 Å². The third-order valence-electron chi connectivity index (χ3n) is 8.87. The van der Waals surface area contributed by atoms with Crippen molar-refractivity contribution in [2.45, 2.75) is 45.3 Å². The Morgan fingerprint density at radius 3 is 2.49 bits per heavy atom. The van der Waals surface area contributed by atoms with Gasteiger partial charge in [0.25, 0.3) is 0 Å². The molecule has 0 bridgehead atoms. The van der Waals surface area contributed by atoms with Crippen molar-refractivity contribution >= 4 is 23.0 Å². The Bertz CT molecular complexity index is 1600. The fourth-order valence-corrected chi connectivity index (χ4v) is 6.71. The van der Waals surface area contributed by atoms with E-state index in [9.17, 15) is 4.79 Å². The van der Waals surface area contributed by atoms with E-state index in [4.69, 9.17) is 9.47 Å². The zero-order valence-corrected chi connectivity index (χ0v) is 22.5. The Morgan fingerprint density at radius 1 is 0.923 bits per heavy atom. The Hall–Kier alpha value is -4.25. The molecule has 0 radical (unpaired) electrons. The number of rotatable bonds is 4. The second-order valence-electron chi connectivity index (χ2n) is 10.9. The molecular weight excluding hydrogens is 484 g/mol. The van der Waals surface area contributed by atoms with Gasteiger partial charge in [0.2, 0.25) is 0 Å². The van der Waals surface area contributed by atoms with Crippen LogP contribution in [0.15, 0.2) is 84.9 Å². The molecule has 1 fully saturated rings. The molecule has 4 aromatic carbocycles. The molecule has 0 amide bonds. The number of fused-ring (bicyclic) bond motifs is 6. The van der Waals surface area contributed by atoms with E-state index in [-0.39, 0.29) is 5.97 Å². The zero-order valence-electron chi connectivity index (χ0n) is 22.5. The van der Waals surface area contributed by atoms with Crippen LogP contribution in [-0.4, -0.2) is 18.6 Å². The number of anilines is 3. The molecule has 196 valence electrons. The fraction of sp³-hybridized carbons (Fsp3) is 0.265. The number of hydrogen-bond acceptors (Lipinski definition) is 5. The molecular formula is C34H32N2O3. The minimum Gasteiger partial charge on any atom is -0.456 e. The summed E-state index contributed by atoms with van der Waals surface area (Å²) in [6.45, 7) is 7.69. The van der Waals surface area contributed by atoms with Crippen molar-refractivity contribution in [3.8, 4) is 11.5 Å². The molecule has 3 atom stereocenters. The smallest absolute Gasteiger partial charge is 0.340 e. The van der Waals surface area contributed by atoms with E-state index in [0.29, 0.717) is 23.3 Å². The third-order valence-corrected chi connectivity index (χ3v) is 8.87. The maximum absolute atomic E-state index is 13.3. The summed E-state index contributed by atoms with van der Waals surface area (Å²) in [4.78, 5) is 15.8. The standard InChI is InChI=1S/C34H32N2O3/c1-4-23-16-17-36(22(23)3)25-14-15-28-32(19-25)38-31-18-21(2)30(35-24-10-6-5-7-11-24)20-29(31)34(28)27-13-9-8-12-26(27)33(37)39-34/h5-15,18-20,22-23,35H,4,16-17H2,1-3H3. The zero-order chi connectivity index (χ0) is 26.7. The Kier molecular flexibility index (Phi) is 5.44. The van der Waals surface area contributed by atoms with Gasteiger partial charge in [0.05, 0.1) is 5.56 Å². The van der Waals surface area contributed by atoms with Gasteiger partial charge < -0.3 is 19.7 Å². The summed E-state index contributed by atoms with van der Waals surface area (Å²) in [6.07, 6.45) is 2.38. The lowest BCUT2D eigenvalue weighted by Gasteiger charge is -2.38. The number of benzene rings is 4. The lowest BCUT2D eigenvalue weighted by molar-refractivity contribution is 0.0224. The topological polar surface area (TPSA) is 50.8 Å². The Balaban J connectivity index is 1.40. The van der Waals surface area contributed by atoms with Gasteiger partial charge >= 0.3 is 5.97 Å². The first-order valence-electron chi connectivity index (χ1n) is 13.9. The van der Waals surface area contributed by atoms with Gasteiger partial charge in [-0.05, 0) is 74.2 Å². The van der Waals surface area contributed by atoms with Crippen LogP contribution < -0.4 is 15.0 Å². The van der Waals surface area contributed by atoms with E-state index in [2.05, 4.69) is 61.3 Å². The fourth-order valence-electron chi connectivity index (χ4n) is 6.71. The predicted molar refractivity (Wildman–Crippen MR) is 154 cm³/mol. The van der Waals surface area contributed by atoms with Gasteiger partial charge in [0.1, 0.15) is 11.5 Å². The number of carbonyl (C=O) groups is 1. The summed E-state index contributed by atoms with van der Waals surface area (Å²) in [6, 6.07) is 28.8. The molecule has 0 saturated carbocycles. The number of nitrogens with one attached hydrogen (secondary N) is 1. The molecule has 1 spiro atoms. The molecule has 0 aromatic heterocycles. The maximum atomic E-state index is 13.3. The molecule has 39 heavy (non-hydrogen) atoms. The molecule has 3 aliphatic heterocycles. The van der Waals surface area contributed by atoms with Gasteiger partial charge in [0, 0.05) is 52.4 Å². The molecule has 1 N–H and O–H groups in total. The minimum atomic E-state index is -1.08. The molecule has 3 aliphatic rings. The van der Waals surface area contributed by atoms with Crippen molar-refractivity contribution in [2.24, 2.45) is 5.92 Å². The Labute approximate surface area is 229 Å². The van der Waals surface area contributed by atoms with Crippen LogP contribution >= 0.6 is 0 Å².